The molecule has 1 aromatic carbocycles. The molecule has 0 spiro atoms. The summed E-state index contributed by atoms with van der Waals surface area (Å²) in [5.41, 5.74) is 0.359. The summed E-state index contributed by atoms with van der Waals surface area (Å²) in [5.74, 6) is 0.151. The Balaban J connectivity index is 1.50. The first-order chi connectivity index (χ1) is 15.0. The van der Waals surface area contributed by atoms with Gasteiger partial charge in [-0.3, -0.25) is 9.59 Å². The van der Waals surface area contributed by atoms with E-state index in [1.165, 1.54) is 23.9 Å². The number of amides is 2. The number of halogens is 2. The number of carbonyl (C=O) groups excluding carboxylic acids is 2. The van der Waals surface area contributed by atoms with Crippen LogP contribution in [0, 0.1) is 11.7 Å². The minimum Gasteiger partial charge on any atom is -0.356 e. The highest BCUT2D eigenvalue weighted by molar-refractivity contribution is 7.99. The molecular formula is C21H25ClFN5O2S. The number of carbonyl (C=O) groups is 2. The van der Waals surface area contributed by atoms with Gasteiger partial charge in [0, 0.05) is 19.6 Å². The normalized spacial score (nSPS) is 16.1. The predicted molar refractivity (Wildman–Crippen MR) is 121 cm³/mol. The zero-order valence-corrected chi connectivity index (χ0v) is 18.8. The van der Waals surface area contributed by atoms with Crippen LogP contribution in [-0.4, -0.2) is 47.4 Å². The molecule has 1 fully saturated rings. The molecule has 10 heteroatoms. The second-order valence-electron chi connectivity index (χ2n) is 7.27. The van der Waals surface area contributed by atoms with Crippen LogP contribution in [0.2, 0.25) is 5.02 Å². The van der Waals surface area contributed by atoms with E-state index in [-0.39, 0.29) is 28.5 Å². The molecule has 1 aromatic heterocycles. The van der Waals surface area contributed by atoms with Crippen molar-refractivity contribution in [1.29, 1.82) is 0 Å². The Morgan fingerprint density at radius 1 is 1.29 bits per heavy atom. The van der Waals surface area contributed by atoms with E-state index in [1.807, 2.05) is 19.1 Å². The number of nitrogens with one attached hydrogen (secondary N) is 2. The molecule has 0 saturated carbocycles. The van der Waals surface area contributed by atoms with E-state index in [4.69, 9.17) is 11.6 Å². The van der Waals surface area contributed by atoms with Crippen LogP contribution in [0.4, 0.5) is 15.9 Å². The maximum atomic E-state index is 13.1. The maximum Gasteiger partial charge on any atom is 0.234 e. The number of rotatable bonds is 8. The molecule has 166 valence electrons. The number of hydrogen-bond acceptors (Lipinski definition) is 6. The van der Waals surface area contributed by atoms with Crippen molar-refractivity contribution in [3.8, 4) is 0 Å². The number of hydrogen-bond donors (Lipinski definition) is 2. The molecule has 31 heavy (non-hydrogen) atoms. The van der Waals surface area contributed by atoms with Crippen molar-refractivity contribution in [3.63, 3.8) is 0 Å². The van der Waals surface area contributed by atoms with Gasteiger partial charge in [0.25, 0.3) is 0 Å². The van der Waals surface area contributed by atoms with Gasteiger partial charge in [-0.25, -0.2) is 4.39 Å². The zero-order valence-electron chi connectivity index (χ0n) is 17.2. The summed E-state index contributed by atoms with van der Waals surface area (Å²) < 4.78 is 13.1. The van der Waals surface area contributed by atoms with Gasteiger partial charge in [-0.15, -0.1) is 10.2 Å². The highest BCUT2D eigenvalue weighted by Crippen LogP contribution is 2.25. The van der Waals surface area contributed by atoms with Gasteiger partial charge in [0.05, 0.1) is 22.4 Å². The molecule has 1 saturated heterocycles. The summed E-state index contributed by atoms with van der Waals surface area (Å²) in [6, 6.07) is 7.47. The van der Waals surface area contributed by atoms with E-state index >= 15 is 0 Å². The Morgan fingerprint density at radius 3 is 2.84 bits per heavy atom. The molecule has 1 atom stereocenters. The smallest absolute Gasteiger partial charge is 0.234 e. The van der Waals surface area contributed by atoms with Crippen molar-refractivity contribution >= 4 is 46.7 Å². The van der Waals surface area contributed by atoms with Crippen molar-refractivity contribution in [2.75, 3.05) is 35.6 Å². The summed E-state index contributed by atoms with van der Waals surface area (Å²) in [7, 11) is 0. The lowest BCUT2D eigenvalue weighted by Gasteiger charge is -2.32. The monoisotopic (exact) mass is 465 g/mol. The van der Waals surface area contributed by atoms with Crippen LogP contribution in [0.15, 0.2) is 35.4 Å². The van der Waals surface area contributed by atoms with Gasteiger partial charge < -0.3 is 15.5 Å². The lowest BCUT2D eigenvalue weighted by molar-refractivity contribution is -0.125. The van der Waals surface area contributed by atoms with Crippen LogP contribution in [0.3, 0.4) is 0 Å². The van der Waals surface area contributed by atoms with E-state index < -0.39 is 5.82 Å². The second kappa shape index (κ2) is 11.3. The number of anilines is 2. The largest absolute Gasteiger partial charge is 0.356 e. The predicted octanol–water partition coefficient (Wildman–Crippen LogP) is 3.74. The molecule has 0 aliphatic carbocycles. The average Bonchev–Trinajstić information content (AvgIpc) is 2.78. The molecule has 3 rings (SSSR count). The minimum atomic E-state index is -0.464. The molecule has 1 aliphatic heterocycles. The Labute approximate surface area is 190 Å². The second-order valence-corrected chi connectivity index (χ2v) is 8.67. The van der Waals surface area contributed by atoms with E-state index in [2.05, 4.69) is 25.7 Å². The van der Waals surface area contributed by atoms with Crippen LogP contribution in [-0.2, 0) is 9.59 Å². The first-order valence-electron chi connectivity index (χ1n) is 10.2. The lowest BCUT2D eigenvalue weighted by atomic mass is 9.97. The van der Waals surface area contributed by atoms with Crippen molar-refractivity contribution < 1.29 is 14.0 Å². The standard InChI is InChI=1S/C21H25ClFN5O2S/c1-2-9-24-21(30)14-4-3-10-28(12-14)18-7-8-20(27-26-18)31-13-19(29)25-17-6-5-15(23)11-16(17)22/h5-8,11,14H,2-4,9-10,12-13H2,1H3,(H,24,30)(H,25,29)/t14-/m0/s1. The van der Waals surface area contributed by atoms with Gasteiger partial charge in [0.15, 0.2) is 5.82 Å². The average molecular weight is 466 g/mol. The Bertz CT molecular complexity index is 915. The third-order valence-corrected chi connectivity index (χ3v) is 6.08. The Kier molecular flexibility index (Phi) is 8.48. The molecule has 1 aliphatic rings. The molecule has 2 N–H and O–H groups in total. The summed E-state index contributed by atoms with van der Waals surface area (Å²) in [6.07, 6.45) is 2.72. The van der Waals surface area contributed by atoms with Gasteiger partial charge >= 0.3 is 0 Å². The first-order valence-corrected chi connectivity index (χ1v) is 11.6. The van der Waals surface area contributed by atoms with Crippen molar-refractivity contribution in [2.24, 2.45) is 5.92 Å². The van der Waals surface area contributed by atoms with E-state index in [1.54, 1.807) is 0 Å². The summed E-state index contributed by atoms with van der Waals surface area (Å²) in [5, 5.41) is 14.8. The van der Waals surface area contributed by atoms with Gasteiger partial charge in [-0.1, -0.05) is 30.3 Å². The number of nitrogens with zero attached hydrogens (tertiary/aromatic N) is 3. The number of aromatic nitrogens is 2. The van der Waals surface area contributed by atoms with Gasteiger partial charge in [0.2, 0.25) is 11.8 Å². The highest BCUT2D eigenvalue weighted by Gasteiger charge is 2.26. The lowest BCUT2D eigenvalue weighted by Crippen LogP contribution is -2.43. The van der Waals surface area contributed by atoms with Crippen LogP contribution < -0.4 is 15.5 Å². The third kappa shape index (κ3) is 6.80. The molecule has 0 bridgehead atoms. The summed E-state index contributed by atoms with van der Waals surface area (Å²) >= 11 is 7.16. The quantitative estimate of drug-likeness (QED) is 0.577. The van der Waals surface area contributed by atoms with E-state index in [0.717, 1.165) is 37.7 Å². The summed E-state index contributed by atoms with van der Waals surface area (Å²) in [4.78, 5) is 26.5. The molecule has 2 heterocycles. The fourth-order valence-electron chi connectivity index (χ4n) is 3.27. The fraction of sp³-hybridized carbons (Fsp3) is 0.429. The van der Waals surface area contributed by atoms with Gasteiger partial charge in [-0.2, -0.15) is 0 Å². The molecule has 2 amide bonds. The number of piperidine rings is 1. The molecular weight excluding hydrogens is 441 g/mol. The van der Waals surface area contributed by atoms with Crippen LogP contribution in [0.1, 0.15) is 26.2 Å². The number of benzene rings is 1. The SMILES string of the molecule is CCCNC(=O)[C@H]1CCCN(c2ccc(SCC(=O)Nc3ccc(F)cc3Cl)nn2)C1. The zero-order chi connectivity index (χ0) is 22.2. The minimum absolute atomic E-state index is 0.0434. The Hall–Kier alpha value is -2.39. The van der Waals surface area contributed by atoms with E-state index in [0.29, 0.717) is 23.8 Å². The van der Waals surface area contributed by atoms with Crippen LogP contribution in [0.5, 0.6) is 0 Å². The Morgan fingerprint density at radius 2 is 2.13 bits per heavy atom. The van der Waals surface area contributed by atoms with Gasteiger partial charge in [-0.05, 0) is 49.6 Å². The molecule has 0 unspecified atom stereocenters. The van der Waals surface area contributed by atoms with Crippen LogP contribution in [0.25, 0.3) is 0 Å². The third-order valence-electron chi connectivity index (χ3n) is 4.85. The molecule has 0 radical (unpaired) electrons. The van der Waals surface area contributed by atoms with Crippen molar-refractivity contribution in [2.45, 2.75) is 31.2 Å². The van der Waals surface area contributed by atoms with E-state index in [9.17, 15) is 14.0 Å². The summed E-state index contributed by atoms with van der Waals surface area (Å²) in [6.45, 7) is 4.18. The fourth-order valence-corrected chi connectivity index (χ4v) is 4.10. The first kappa shape index (κ1) is 23.3. The molecule has 2 aromatic rings. The highest BCUT2D eigenvalue weighted by atomic mass is 35.5. The topological polar surface area (TPSA) is 87.2 Å². The van der Waals surface area contributed by atoms with Crippen LogP contribution >= 0.6 is 23.4 Å². The number of thioether (sulfide) groups is 1. The molecule has 7 nitrogen and oxygen atoms in total. The van der Waals surface area contributed by atoms with Gasteiger partial charge in [0.1, 0.15) is 10.8 Å². The van der Waals surface area contributed by atoms with Crippen molar-refractivity contribution in [3.05, 3.63) is 41.2 Å². The maximum absolute atomic E-state index is 13.1. The van der Waals surface area contributed by atoms with Crippen molar-refractivity contribution in [1.82, 2.24) is 15.5 Å².